The van der Waals surface area contributed by atoms with Crippen molar-refractivity contribution in [1.29, 1.82) is 5.26 Å². The van der Waals surface area contributed by atoms with Crippen LogP contribution in [0.1, 0.15) is 5.56 Å². The third-order valence-electron chi connectivity index (χ3n) is 2.92. The number of carboxylic acid groups (broad SMARTS) is 1. The maximum atomic E-state index is 13.1. The lowest BCUT2D eigenvalue weighted by Crippen LogP contribution is -2.55. The van der Waals surface area contributed by atoms with Crippen LogP contribution in [0.4, 0.5) is 10.1 Å². The standard InChI is InChI=1S/C12H12FN3O2/c13-9-1-2-10(8(5-9)6-14)16-4-3-15-7-11(16)12(17)18/h1-2,5,11,15H,3-4,7H2,(H,17,18). The number of nitrogens with one attached hydrogen (secondary N) is 1. The van der Waals surface area contributed by atoms with Gasteiger partial charge in [-0.25, -0.2) is 9.18 Å². The molecule has 0 spiro atoms. The first-order valence-corrected chi connectivity index (χ1v) is 5.53. The monoisotopic (exact) mass is 249 g/mol. The van der Waals surface area contributed by atoms with Gasteiger partial charge in [0.05, 0.1) is 11.3 Å². The second-order valence-electron chi connectivity index (χ2n) is 4.02. The maximum Gasteiger partial charge on any atom is 0.327 e. The van der Waals surface area contributed by atoms with E-state index in [2.05, 4.69) is 5.32 Å². The van der Waals surface area contributed by atoms with Gasteiger partial charge in [0.15, 0.2) is 0 Å². The number of halogens is 1. The van der Waals surface area contributed by atoms with Crippen LogP contribution in [0.5, 0.6) is 0 Å². The van der Waals surface area contributed by atoms with Gasteiger partial charge in [0.25, 0.3) is 0 Å². The second kappa shape index (κ2) is 5.02. The van der Waals surface area contributed by atoms with E-state index in [1.165, 1.54) is 12.1 Å². The number of hydrogen-bond acceptors (Lipinski definition) is 4. The van der Waals surface area contributed by atoms with Crippen molar-refractivity contribution in [3.63, 3.8) is 0 Å². The quantitative estimate of drug-likeness (QED) is 0.801. The lowest BCUT2D eigenvalue weighted by Gasteiger charge is -2.35. The first-order chi connectivity index (χ1) is 8.63. The van der Waals surface area contributed by atoms with Crippen LogP contribution in [-0.4, -0.2) is 36.8 Å². The molecule has 0 saturated carbocycles. The van der Waals surface area contributed by atoms with Crippen LogP contribution in [0.25, 0.3) is 0 Å². The summed E-state index contributed by atoms with van der Waals surface area (Å²) in [5.41, 5.74) is 0.621. The van der Waals surface area contributed by atoms with Gasteiger partial charge in [-0.3, -0.25) is 0 Å². The molecule has 0 aliphatic carbocycles. The molecular weight excluding hydrogens is 237 g/mol. The smallest absolute Gasteiger partial charge is 0.327 e. The molecule has 1 heterocycles. The third kappa shape index (κ3) is 2.26. The van der Waals surface area contributed by atoms with Crippen molar-refractivity contribution in [2.45, 2.75) is 6.04 Å². The van der Waals surface area contributed by atoms with Crippen LogP contribution in [-0.2, 0) is 4.79 Å². The van der Waals surface area contributed by atoms with Gasteiger partial charge in [-0.2, -0.15) is 5.26 Å². The summed E-state index contributed by atoms with van der Waals surface area (Å²) >= 11 is 0. The SMILES string of the molecule is N#Cc1cc(F)ccc1N1CCNCC1C(=O)O. The number of nitrogens with zero attached hydrogens (tertiary/aromatic N) is 2. The molecular formula is C12H12FN3O2. The van der Waals surface area contributed by atoms with E-state index in [-0.39, 0.29) is 5.56 Å². The van der Waals surface area contributed by atoms with Gasteiger partial charge in [0.2, 0.25) is 0 Å². The number of carbonyl (C=O) groups is 1. The van der Waals surface area contributed by atoms with Crippen molar-refractivity contribution in [3.8, 4) is 6.07 Å². The van der Waals surface area contributed by atoms with Crippen molar-refractivity contribution in [3.05, 3.63) is 29.6 Å². The van der Waals surface area contributed by atoms with Gasteiger partial charge in [-0.1, -0.05) is 0 Å². The van der Waals surface area contributed by atoms with Crippen molar-refractivity contribution in [2.24, 2.45) is 0 Å². The van der Waals surface area contributed by atoms with Crippen molar-refractivity contribution >= 4 is 11.7 Å². The van der Waals surface area contributed by atoms with E-state index in [4.69, 9.17) is 10.4 Å². The molecule has 2 N–H and O–H groups in total. The average Bonchev–Trinajstić information content (AvgIpc) is 2.38. The zero-order valence-corrected chi connectivity index (χ0v) is 9.56. The van der Waals surface area contributed by atoms with Crippen LogP contribution in [0, 0.1) is 17.1 Å². The molecule has 0 aromatic heterocycles. The Morgan fingerprint density at radius 3 is 3.06 bits per heavy atom. The summed E-state index contributed by atoms with van der Waals surface area (Å²) in [5, 5.41) is 21.1. The summed E-state index contributed by atoms with van der Waals surface area (Å²) in [6, 6.07) is 4.97. The Hall–Kier alpha value is -2.13. The topological polar surface area (TPSA) is 76.4 Å². The molecule has 0 amide bonds. The van der Waals surface area contributed by atoms with E-state index in [1.807, 2.05) is 6.07 Å². The lowest BCUT2D eigenvalue weighted by molar-refractivity contribution is -0.138. The van der Waals surface area contributed by atoms with E-state index in [9.17, 15) is 9.18 Å². The predicted octanol–water partition coefficient (Wildman–Crippen LogP) is 0.560. The zero-order chi connectivity index (χ0) is 13.1. The van der Waals surface area contributed by atoms with Gasteiger partial charge in [-0.05, 0) is 18.2 Å². The van der Waals surface area contributed by atoms with Crippen LogP contribution < -0.4 is 10.2 Å². The molecule has 1 unspecified atom stereocenters. The summed E-state index contributed by atoms with van der Waals surface area (Å²) in [6.45, 7) is 1.40. The Kier molecular flexibility index (Phi) is 3.44. The fourth-order valence-corrected chi connectivity index (χ4v) is 2.06. The number of aliphatic carboxylic acids is 1. The van der Waals surface area contributed by atoms with E-state index < -0.39 is 17.8 Å². The highest BCUT2D eigenvalue weighted by Crippen LogP contribution is 2.24. The minimum absolute atomic E-state index is 0.156. The molecule has 1 aliphatic heterocycles. The molecule has 1 aromatic carbocycles. The van der Waals surface area contributed by atoms with Gasteiger partial charge in [0.1, 0.15) is 17.9 Å². The number of nitriles is 1. The first kappa shape index (κ1) is 12.3. The largest absolute Gasteiger partial charge is 0.480 e. The second-order valence-corrected chi connectivity index (χ2v) is 4.02. The predicted molar refractivity (Wildman–Crippen MR) is 62.8 cm³/mol. The summed E-state index contributed by atoms with van der Waals surface area (Å²) in [5.74, 6) is -1.47. The molecule has 0 bridgehead atoms. The van der Waals surface area contributed by atoms with Crippen molar-refractivity contribution in [1.82, 2.24) is 5.32 Å². The summed E-state index contributed by atoms with van der Waals surface area (Å²) in [6.07, 6.45) is 0. The first-order valence-electron chi connectivity index (χ1n) is 5.53. The van der Waals surface area contributed by atoms with E-state index >= 15 is 0 Å². The van der Waals surface area contributed by atoms with Gasteiger partial charge in [0, 0.05) is 19.6 Å². The normalized spacial score (nSPS) is 19.3. The highest BCUT2D eigenvalue weighted by molar-refractivity contribution is 5.80. The number of anilines is 1. The summed E-state index contributed by atoms with van der Waals surface area (Å²) in [4.78, 5) is 12.8. The fraction of sp³-hybridized carbons (Fsp3) is 0.333. The van der Waals surface area contributed by atoms with E-state index in [0.29, 0.717) is 25.3 Å². The Balaban J connectivity index is 2.40. The minimum Gasteiger partial charge on any atom is -0.480 e. The van der Waals surface area contributed by atoms with Crippen LogP contribution in [0.15, 0.2) is 18.2 Å². The molecule has 94 valence electrons. The third-order valence-corrected chi connectivity index (χ3v) is 2.92. The molecule has 1 aliphatic rings. The Morgan fingerprint density at radius 1 is 1.61 bits per heavy atom. The highest BCUT2D eigenvalue weighted by Gasteiger charge is 2.29. The summed E-state index contributed by atoms with van der Waals surface area (Å²) in [7, 11) is 0. The molecule has 5 nitrogen and oxygen atoms in total. The Morgan fingerprint density at radius 2 is 2.39 bits per heavy atom. The molecule has 6 heteroatoms. The number of piperazine rings is 1. The number of hydrogen-bond donors (Lipinski definition) is 2. The molecule has 18 heavy (non-hydrogen) atoms. The highest BCUT2D eigenvalue weighted by atomic mass is 19.1. The van der Waals surface area contributed by atoms with Crippen molar-refractivity contribution in [2.75, 3.05) is 24.5 Å². The van der Waals surface area contributed by atoms with Gasteiger partial charge < -0.3 is 15.3 Å². The van der Waals surface area contributed by atoms with Crippen molar-refractivity contribution < 1.29 is 14.3 Å². The molecule has 0 radical (unpaired) electrons. The molecule has 1 atom stereocenters. The lowest BCUT2D eigenvalue weighted by atomic mass is 10.1. The van der Waals surface area contributed by atoms with Gasteiger partial charge >= 0.3 is 5.97 Å². The average molecular weight is 249 g/mol. The van der Waals surface area contributed by atoms with Crippen LogP contribution in [0.3, 0.4) is 0 Å². The Labute approximate surface area is 103 Å². The molecule has 1 fully saturated rings. The minimum atomic E-state index is -0.963. The number of benzene rings is 1. The number of carboxylic acids is 1. The molecule has 1 aromatic rings. The molecule has 1 saturated heterocycles. The van der Waals surface area contributed by atoms with Crippen LogP contribution >= 0.6 is 0 Å². The van der Waals surface area contributed by atoms with E-state index in [0.717, 1.165) is 6.07 Å². The molecule has 2 rings (SSSR count). The fourth-order valence-electron chi connectivity index (χ4n) is 2.06. The Bertz CT molecular complexity index is 513. The zero-order valence-electron chi connectivity index (χ0n) is 9.56. The van der Waals surface area contributed by atoms with Crippen LogP contribution in [0.2, 0.25) is 0 Å². The maximum absolute atomic E-state index is 13.1. The van der Waals surface area contributed by atoms with E-state index in [1.54, 1.807) is 4.90 Å². The summed E-state index contributed by atoms with van der Waals surface area (Å²) < 4.78 is 13.1. The van der Waals surface area contributed by atoms with Gasteiger partial charge in [-0.15, -0.1) is 0 Å². The number of rotatable bonds is 2.